The number of carboxylic acid groups (broad SMARTS) is 1. The maximum atomic E-state index is 9.20. The zero-order chi connectivity index (χ0) is 13.0. The van der Waals surface area contributed by atoms with Crippen molar-refractivity contribution in [2.45, 2.75) is 6.92 Å². The first-order chi connectivity index (χ1) is 7.20. The van der Waals surface area contributed by atoms with E-state index in [9.17, 15) is 5.11 Å². The van der Waals surface area contributed by atoms with E-state index in [1.165, 1.54) is 0 Å². The standard InChI is InChI=1S/C6HCl5O.C2H4O2/c7-1-2(8)4(10)6(12)5(11)3(1)9;1-2(3)4/h12H;1H3,(H,3,4). The second-order valence-electron chi connectivity index (χ2n) is 2.44. The van der Waals surface area contributed by atoms with Gasteiger partial charge in [0.1, 0.15) is 10.0 Å². The summed E-state index contributed by atoms with van der Waals surface area (Å²) in [4.78, 5) is 9.00. The molecule has 1 aromatic carbocycles. The van der Waals surface area contributed by atoms with Crippen molar-refractivity contribution in [2.24, 2.45) is 0 Å². The van der Waals surface area contributed by atoms with E-state index in [-0.39, 0.29) is 30.9 Å². The van der Waals surface area contributed by atoms with Crippen molar-refractivity contribution >= 4 is 64.0 Å². The highest BCUT2D eigenvalue weighted by molar-refractivity contribution is 6.55. The summed E-state index contributed by atoms with van der Waals surface area (Å²) in [6, 6.07) is 0. The van der Waals surface area contributed by atoms with Gasteiger partial charge in [-0.3, -0.25) is 4.79 Å². The molecule has 0 fully saturated rings. The summed E-state index contributed by atoms with van der Waals surface area (Å²) >= 11 is 27.9. The molecule has 0 aromatic heterocycles. The summed E-state index contributed by atoms with van der Waals surface area (Å²) in [5, 5.41) is 16.4. The fraction of sp³-hybridized carbons (Fsp3) is 0.125. The van der Waals surface area contributed by atoms with Crippen molar-refractivity contribution in [3.8, 4) is 5.75 Å². The number of halogens is 5. The summed E-state index contributed by atoms with van der Waals surface area (Å²) < 4.78 is 0. The molecule has 0 aliphatic rings. The molecule has 0 heterocycles. The molecular formula is C8H5Cl5O3. The van der Waals surface area contributed by atoms with E-state index in [0.29, 0.717) is 0 Å². The van der Waals surface area contributed by atoms with Crippen LogP contribution in [0.4, 0.5) is 0 Å². The van der Waals surface area contributed by atoms with E-state index in [4.69, 9.17) is 67.9 Å². The lowest BCUT2D eigenvalue weighted by molar-refractivity contribution is -0.134. The first kappa shape index (κ1) is 15.9. The van der Waals surface area contributed by atoms with Gasteiger partial charge in [-0.25, -0.2) is 0 Å². The molecule has 0 aliphatic heterocycles. The molecule has 1 rings (SSSR count). The molecule has 0 aliphatic carbocycles. The van der Waals surface area contributed by atoms with Crippen molar-refractivity contribution in [1.29, 1.82) is 0 Å². The Morgan fingerprint density at radius 1 is 0.875 bits per heavy atom. The van der Waals surface area contributed by atoms with Gasteiger partial charge in [-0.15, -0.1) is 0 Å². The van der Waals surface area contributed by atoms with Crippen LogP contribution in [0.3, 0.4) is 0 Å². The van der Waals surface area contributed by atoms with Crippen molar-refractivity contribution in [3.05, 3.63) is 25.1 Å². The topological polar surface area (TPSA) is 57.5 Å². The summed E-state index contributed by atoms with van der Waals surface area (Å²) in [5.41, 5.74) is 0. The van der Waals surface area contributed by atoms with Crippen molar-refractivity contribution < 1.29 is 15.0 Å². The molecule has 0 spiro atoms. The van der Waals surface area contributed by atoms with Gasteiger partial charge in [0, 0.05) is 6.92 Å². The molecule has 0 saturated heterocycles. The lowest BCUT2D eigenvalue weighted by Crippen LogP contribution is -1.78. The smallest absolute Gasteiger partial charge is 0.300 e. The molecule has 90 valence electrons. The van der Waals surface area contributed by atoms with Crippen LogP contribution < -0.4 is 0 Å². The first-order valence-electron chi connectivity index (χ1n) is 3.60. The number of hydrogen-bond donors (Lipinski definition) is 2. The van der Waals surface area contributed by atoms with Crippen LogP contribution >= 0.6 is 58.0 Å². The number of phenolic OH excluding ortho intramolecular Hbond substituents is 1. The molecular weight excluding hydrogens is 321 g/mol. The molecule has 0 unspecified atom stereocenters. The van der Waals surface area contributed by atoms with E-state index < -0.39 is 5.97 Å². The van der Waals surface area contributed by atoms with Gasteiger partial charge in [0.2, 0.25) is 0 Å². The van der Waals surface area contributed by atoms with Gasteiger partial charge in [0.15, 0.2) is 5.75 Å². The third-order valence-electron chi connectivity index (χ3n) is 1.19. The van der Waals surface area contributed by atoms with E-state index in [1.54, 1.807) is 0 Å². The second-order valence-corrected chi connectivity index (χ2v) is 4.33. The Kier molecular flexibility index (Phi) is 6.60. The van der Waals surface area contributed by atoms with Crippen LogP contribution in [0.25, 0.3) is 0 Å². The number of hydrogen-bond acceptors (Lipinski definition) is 2. The van der Waals surface area contributed by atoms with Crippen LogP contribution in [0, 0.1) is 0 Å². The van der Waals surface area contributed by atoms with Crippen molar-refractivity contribution in [1.82, 2.24) is 0 Å². The molecule has 0 saturated carbocycles. The highest BCUT2D eigenvalue weighted by Crippen LogP contribution is 2.47. The lowest BCUT2D eigenvalue weighted by Gasteiger charge is -2.06. The van der Waals surface area contributed by atoms with E-state index in [0.717, 1.165) is 6.92 Å². The highest BCUT2D eigenvalue weighted by Gasteiger charge is 2.18. The third-order valence-corrected chi connectivity index (χ3v) is 3.44. The van der Waals surface area contributed by atoms with E-state index in [2.05, 4.69) is 0 Å². The van der Waals surface area contributed by atoms with Gasteiger partial charge in [-0.1, -0.05) is 58.0 Å². The van der Waals surface area contributed by atoms with Crippen molar-refractivity contribution in [3.63, 3.8) is 0 Å². The van der Waals surface area contributed by atoms with E-state index >= 15 is 0 Å². The number of aliphatic carboxylic acids is 1. The fourth-order valence-electron chi connectivity index (χ4n) is 0.593. The van der Waals surface area contributed by atoms with Gasteiger partial charge >= 0.3 is 0 Å². The normalized spacial score (nSPS) is 9.38. The Labute approximate surface area is 116 Å². The van der Waals surface area contributed by atoms with Crippen LogP contribution in [-0.2, 0) is 4.79 Å². The Morgan fingerprint density at radius 2 is 1.06 bits per heavy atom. The Hall–Kier alpha value is -0.0600. The SMILES string of the molecule is CC(=O)O.Oc1c(Cl)c(Cl)c(Cl)c(Cl)c1Cl. The maximum Gasteiger partial charge on any atom is 0.300 e. The van der Waals surface area contributed by atoms with Crippen LogP contribution in [0.2, 0.25) is 25.1 Å². The number of carbonyl (C=O) groups is 1. The number of rotatable bonds is 0. The number of aromatic hydroxyl groups is 1. The fourth-order valence-corrected chi connectivity index (χ4v) is 1.72. The number of carboxylic acids is 1. The van der Waals surface area contributed by atoms with Crippen LogP contribution in [0.15, 0.2) is 0 Å². The molecule has 0 amide bonds. The lowest BCUT2D eigenvalue weighted by atomic mass is 10.3. The van der Waals surface area contributed by atoms with Crippen LogP contribution in [0.1, 0.15) is 6.92 Å². The van der Waals surface area contributed by atoms with Gasteiger partial charge in [0.25, 0.3) is 5.97 Å². The predicted octanol–water partition coefficient (Wildman–Crippen LogP) is 4.75. The Bertz CT molecular complexity index is 310. The Balaban J connectivity index is 0.000000487. The molecule has 16 heavy (non-hydrogen) atoms. The maximum absolute atomic E-state index is 9.20. The van der Waals surface area contributed by atoms with E-state index in [1.807, 2.05) is 0 Å². The minimum absolute atomic E-state index is 0.00904. The summed E-state index contributed by atoms with van der Waals surface area (Å²) in [6.45, 7) is 1.08. The zero-order valence-corrected chi connectivity index (χ0v) is 11.5. The quantitative estimate of drug-likeness (QED) is 0.534. The predicted molar refractivity (Wildman–Crippen MR) is 66.5 cm³/mol. The monoisotopic (exact) mass is 324 g/mol. The molecule has 2 N–H and O–H groups in total. The third kappa shape index (κ3) is 4.07. The second kappa shape index (κ2) is 6.62. The summed E-state index contributed by atoms with van der Waals surface area (Å²) in [6.07, 6.45) is 0. The summed E-state index contributed by atoms with van der Waals surface area (Å²) in [7, 11) is 0. The first-order valence-corrected chi connectivity index (χ1v) is 5.49. The average Bonchev–Trinajstić information content (AvgIpc) is 2.20. The number of benzene rings is 1. The van der Waals surface area contributed by atoms with Gasteiger partial charge in [-0.05, 0) is 0 Å². The Morgan fingerprint density at radius 3 is 1.31 bits per heavy atom. The zero-order valence-electron chi connectivity index (χ0n) is 7.69. The minimum atomic E-state index is -0.833. The minimum Gasteiger partial charge on any atom is -0.505 e. The average molecular weight is 326 g/mol. The van der Waals surface area contributed by atoms with Crippen LogP contribution in [0.5, 0.6) is 5.75 Å². The van der Waals surface area contributed by atoms with Crippen LogP contribution in [-0.4, -0.2) is 16.2 Å². The van der Waals surface area contributed by atoms with Gasteiger partial charge in [0.05, 0.1) is 15.1 Å². The molecule has 8 heteroatoms. The van der Waals surface area contributed by atoms with Gasteiger partial charge < -0.3 is 10.2 Å². The molecule has 1 aromatic rings. The van der Waals surface area contributed by atoms with Crippen molar-refractivity contribution in [2.75, 3.05) is 0 Å². The molecule has 0 atom stereocenters. The van der Waals surface area contributed by atoms with Gasteiger partial charge in [-0.2, -0.15) is 0 Å². The largest absolute Gasteiger partial charge is 0.505 e. The molecule has 3 nitrogen and oxygen atoms in total. The number of phenols is 1. The molecule has 0 bridgehead atoms. The summed E-state index contributed by atoms with van der Waals surface area (Å²) in [5.74, 6) is -1.20. The molecule has 0 radical (unpaired) electrons. The highest BCUT2D eigenvalue weighted by atomic mass is 35.5.